The van der Waals surface area contributed by atoms with Crippen LogP contribution in [0.15, 0.2) is 48.6 Å². The number of amides is 2. The van der Waals surface area contributed by atoms with Crippen LogP contribution in [-0.2, 0) is 27.8 Å². The van der Waals surface area contributed by atoms with E-state index in [9.17, 15) is 28.2 Å². The number of aliphatic hydroxyl groups excluding tert-OH is 1. The van der Waals surface area contributed by atoms with E-state index in [-0.39, 0.29) is 24.5 Å². The van der Waals surface area contributed by atoms with E-state index >= 15 is 0 Å². The van der Waals surface area contributed by atoms with E-state index in [1.54, 1.807) is 31.2 Å². The van der Waals surface area contributed by atoms with Crippen molar-refractivity contribution in [1.29, 1.82) is 0 Å². The van der Waals surface area contributed by atoms with Crippen LogP contribution in [0.25, 0.3) is 0 Å². The molecule has 1 fully saturated rings. The van der Waals surface area contributed by atoms with Crippen LogP contribution in [0, 0.1) is 17.8 Å². The van der Waals surface area contributed by atoms with E-state index < -0.39 is 50.6 Å². The second-order valence-electron chi connectivity index (χ2n) is 13.6. The second-order valence-corrected chi connectivity index (χ2v) is 16.0. The summed E-state index contributed by atoms with van der Waals surface area (Å²) in [6, 6.07) is 10.7. The van der Waals surface area contributed by atoms with Crippen molar-refractivity contribution in [2.24, 2.45) is 17.8 Å². The van der Waals surface area contributed by atoms with E-state index in [2.05, 4.69) is 9.62 Å². The standard InChI is InChI=1S/C35H46ClN3O7S/c1-22-8-7-16-35(43,32(40)34(42)38(3)4)29-14-11-26(29)20-39-17-6-5-9-24-18-28(36)13-10-27(24)21-46-31-15-12-25(19-30(31)39)33(41)37-47(44,45)23(22)2/h7,10,12-13,15-16,18-19,22-23,26,29,32,40,43H,5-6,8-9,11,14,17,20-21H2,1-4H3,(H,37,41)/b16-7+/t22-,23+,26-,29+,32+,35+/m0/s1. The number of carbonyl (C=O) groups is 2. The van der Waals surface area contributed by atoms with Crippen molar-refractivity contribution in [3.05, 3.63) is 70.3 Å². The first-order chi connectivity index (χ1) is 22.2. The number of rotatable bonds is 2. The zero-order valence-corrected chi connectivity index (χ0v) is 29.1. The molecule has 47 heavy (non-hydrogen) atoms. The molecular weight excluding hydrogens is 642 g/mol. The largest absolute Gasteiger partial charge is 0.487 e. The molecule has 3 aliphatic rings. The molecule has 0 aromatic heterocycles. The molecule has 10 nitrogen and oxygen atoms in total. The number of halogens is 1. The van der Waals surface area contributed by atoms with Crippen LogP contribution in [-0.4, -0.2) is 79.5 Å². The highest BCUT2D eigenvalue weighted by Crippen LogP contribution is 2.46. The lowest BCUT2D eigenvalue weighted by Gasteiger charge is -2.49. The van der Waals surface area contributed by atoms with E-state index in [1.165, 1.54) is 32.0 Å². The number of aryl methyl sites for hydroxylation is 1. The van der Waals surface area contributed by atoms with Gasteiger partial charge in [-0.05, 0) is 105 Å². The van der Waals surface area contributed by atoms with E-state index in [4.69, 9.17) is 16.3 Å². The summed E-state index contributed by atoms with van der Waals surface area (Å²) in [5.41, 5.74) is 1.07. The number of hydrogen-bond donors (Lipinski definition) is 3. The van der Waals surface area contributed by atoms with Gasteiger partial charge >= 0.3 is 0 Å². The van der Waals surface area contributed by atoms with Crippen LogP contribution in [0.3, 0.4) is 0 Å². The topological polar surface area (TPSA) is 136 Å². The Morgan fingerprint density at radius 1 is 1.13 bits per heavy atom. The number of likely N-dealkylation sites (N-methyl/N-ethyl adjacent to an activating group) is 1. The minimum absolute atomic E-state index is 0.0923. The summed E-state index contributed by atoms with van der Waals surface area (Å²) in [6.45, 7) is 4.62. The van der Waals surface area contributed by atoms with Crippen molar-refractivity contribution in [1.82, 2.24) is 9.62 Å². The highest BCUT2D eigenvalue weighted by molar-refractivity contribution is 7.90. The van der Waals surface area contributed by atoms with Crippen LogP contribution in [0.2, 0.25) is 5.02 Å². The number of carbonyl (C=O) groups excluding carboxylic acids is 2. The van der Waals surface area contributed by atoms with Crippen molar-refractivity contribution in [3.63, 3.8) is 0 Å². The highest BCUT2D eigenvalue weighted by Gasteiger charge is 2.52. The van der Waals surface area contributed by atoms with Gasteiger partial charge in [0.15, 0.2) is 6.10 Å². The predicted octanol–water partition coefficient (Wildman–Crippen LogP) is 4.31. The van der Waals surface area contributed by atoms with Crippen molar-refractivity contribution in [2.75, 3.05) is 32.1 Å². The Hall–Kier alpha value is -3.12. The van der Waals surface area contributed by atoms with Gasteiger partial charge in [-0.3, -0.25) is 9.59 Å². The quantitative estimate of drug-likeness (QED) is 0.398. The van der Waals surface area contributed by atoms with Gasteiger partial charge in [-0.1, -0.05) is 36.7 Å². The normalized spacial score (nSPS) is 29.3. The number of nitrogens with one attached hydrogen (secondary N) is 1. The van der Waals surface area contributed by atoms with E-state index in [0.29, 0.717) is 36.0 Å². The molecule has 0 spiro atoms. The van der Waals surface area contributed by atoms with Gasteiger partial charge in [0.2, 0.25) is 10.0 Å². The summed E-state index contributed by atoms with van der Waals surface area (Å²) in [5, 5.41) is 23.2. The molecule has 6 atom stereocenters. The molecule has 12 heteroatoms. The third kappa shape index (κ3) is 7.48. The number of fused-ring (bicyclic) bond motifs is 3. The van der Waals surface area contributed by atoms with Crippen LogP contribution in [0.5, 0.6) is 5.75 Å². The van der Waals surface area contributed by atoms with Gasteiger partial charge in [-0.15, -0.1) is 0 Å². The minimum atomic E-state index is -4.08. The maximum atomic E-state index is 13.4. The molecule has 3 N–H and O–H groups in total. The van der Waals surface area contributed by atoms with E-state index in [1.807, 2.05) is 18.2 Å². The Balaban J connectivity index is 1.59. The molecule has 5 rings (SSSR count). The average molecular weight is 688 g/mol. The number of sulfonamides is 1. The summed E-state index contributed by atoms with van der Waals surface area (Å²) in [7, 11) is -1.01. The summed E-state index contributed by atoms with van der Waals surface area (Å²) in [4.78, 5) is 29.8. The molecule has 2 amide bonds. The van der Waals surface area contributed by atoms with Crippen LogP contribution in [0.1, 0.15) is 67.4 Å². The fourth-order valence-electron chi connectivity index (χ4n) is 6.87. The fraction of sp³-hybridized carbons (Fsp3) is 0.543. The van der Waals surface area contributed by atoms with Crippen LogP contribution < -0.4 is 14.4 Å². The third-order valence-corrected chi connectivity index (χ3v) is 12.4. The average Bonchev–Trinajstić information content (AvgIpc) is 3.04. The first kappa shape index (κ1) is 35.2. The zero-order chi connectivity index (χ0) is 34.1. The molecule has 2 aliphatic heterocycles. The summed E-state index contributed by atoms with van der Waals surface area (Å²) >= 11 is 6.32. The van der Waals surface area contributed by atoms with Gasteiger partial charge in [-0.2, -0.15) is 0 Å². The first-order valence-electron chi connectivity index (χ1n) is 16.4. The summed E-state index contributed by atoms with van der Waals surface area (Å²) in [5.74, 6) is -1.77. The molecule has 2 aromatic carbocycles. The Bertz CT molecular complexity index is 1630. The number of allylic oxidation sites excluding steroid dienone is 1. The lowest BCUT2D eigenvalue weighted by molar-refractivity contribution is -0.163. The molecule has 1 saturated carbocycles. The number of hydrogen-bond acceptors (Lipinski definition) is 8. The summed E-state index contributed by atoms with van der Waals surface area (Å²) in [6.07, 6.45) is 5.52. The Morgan fingerprint density at radius 3 is 2.60 bits per heavy atom. The Kier molecular flexibility index (Phi) is 10.6. The second kappa shape index (κ2) is 14.2. The monoisotopic (exact) mass is 687 g/mol. The SMILES string of the molecule is C[C@@H]1[C@@H](C)C/C=C/[C@](O)([C@H](O)C(=O)N(C)C)[C@@H]2CC[C@H]2CN2CCCCc3cc(Cl)ccc3COc3ccc(cc32)C(=O)NS1(=O)=O. The van der Waals surface area contributed by atoms with Gasteiger partial charge in [0.25, 0.3) is 11.8 Å². The van der Waals surface area contributed by atoms with Gasteiger partial charge < -0.3 is 24.7 Å². The Morgan fingerprint density at radius 2 is 1.89 bits per heavy atom. The van der Waals surface area contributed by atoms with Crippen molar-refractivity contribution < 1.29 is 33.0 Å². The van der Waals surface area contributed by atoms with Gasteiger partial charge in [0.05, 0.1) is 10.9 Å². The molecule has 0 saturated heterocycles. The zero-order valence-electron chi connectivity index (χ0n) is 27.5. The number of ether oxygens (including phenoxy) is 1. The number of nitrogens with zero attached hydrogens (tertiary/aromatic N) is 2. The van der Waals surface area contributed by atoms with Gasteiger partial charge in [0, 0.05) is 37.8 Å². The minimum Gasteiger partial charge on any atom is -0.487 e. The number of anilines is 1. The lowest BCUT2D eigenvalue weighted by Crippen LogP contribution is -2.59. The molecule has 256 valence electrons. The fourth-order valence-corrected chi connectivity index (χ4v) is 8.35. The van der Waals surface area contributed by atoms with Crippen LogP contribution in [0.4, 0.5) is 5.69 Å². The lowest BCUT2D eigenvalue weighted by atomic mass is 9.62. The van der Waals surface area contributed by atoms with Crippen molar-refractivity contribution in [2.45, 2.75) is 75.9 Å². The van der Waals surface area contributed by atoms with Crippen molar-refractivity contribution in [3.8, 4) is 5.75 Å². The molecule has 2 bridgehead atoms. The molecule has 0 unspecified atom stereocenters. The molecule has 2 heterocycles. The molecule has 1 aliphatic carbocycles. The predicted molar refractivity (Wildman–Crippen MR) is 182 cm³/mol. The number of benzene rings is 2. The van der Waals surface area contributed by atoms with Gasteiger partial charge in [0.1, 0.15) is 18.0 Å². The molecular formula is C35H46ClN3O7S. The third-order valence-electron chi connectivity index (χ3n) is 10.2. The Labute approximate surface area is 282 Å². The van der Waals surface area contributed by atoms with Gasteiger partial charge in [-0.25, -0.2) is 13.1 Å². The number of aliphatic hydroxyl groups is 2. The van der Waals surface area contributed by atoms with Crippen LogP contribution >= 0.6 is 11.6 Å². The molecule has 2 aromatic rings. The highest BCUT2D eigenvalue weighted by atomic mass is 35.5. The van der Waals surface area contributed by atoms with E-state index in [0.717, 1.165) is 36.8 Å². The maximum Gasteiger partial charge on any atom is 0.264 e. The van der Waals surface area contributed by atoms with Crippen molar-refractivity contribution >= 4 is 39.1 Å². The molecule has 0 radical (unpaired) electrons. The summed E-state index contributed by atoms with van der Waals surface area (Å²) < 4.78 is 35.3. The smallest absolute Gasteiger partial charge is 0.264 e. The maximum absolute atomic E-state index is 13.4. The first-order valence-corrected chi connectivity index (χ1v) is 18.3.